The molecule has 0 radical (unpaired) electrons. The van der Waals surface area contributed by atoms with Crippen molar-refractivity contribution in [1.82, 2.24) is 4.98 Å². The fourth-order valence-corrected chi connectivity index (χ4v) is 4.52. The highest BCUT2D eigenvalue weighted by atomic mass is 35.5. The van der Waals surface area contributed by atoms with Crippen molar-refractivity contribution in [2.45, 2.75) is 9.24 Å². The SMILES string of the molecule is O=C(Nc1ccc2c(c1)OCCO2)c1ccccc1Sc1nc(Cl)cs1. The van der Waals surface area contributed by atoms with E-state index in [-0.39, 0.29) is 5.91 Å². The average Bonchev–Trinajstić information content (AvgIpc) is 3.07. The van der Waals surface area contributed by atoms with Gasteiger partial charge in [-0.1, -0.05) is 35.5 Å². The van der Waals surface area contributed by atoms with Gasteiger partial charge < -0.3 is 14.8 Å². The van der Waals surface area contributed by atoms with Gasteiger partial charge in [0.1, 0.15) is 18.4 Å². The summed E-state index contributed by atoms with van der Waals surface area (Å²) in [7, 11) is 0. The van der Waals surface area contributed by atoms with E-state index in [1.807, 2.05) is 18.2 Å². The molecule has 1 aromatic heterocycles. The molecular formula is C18H13ClN2O3S2. The second-order valence-electron chi connectivity index (χ2n) is 5.35. The van der Waals surface area contributed by atoms with Crippen LogP contribution in [0.5, 0.6) is 11.5 Å². The molecule has 4 rings (SSSR count). The van der Waals surface area contributed by atoms with Crippen molar-refractivity contribution in [1.29, 1.82) is 0 Å². The van der Waals surface area contributed by atoms with Crippen LogP contribution in [0.2, 0.25) is 5.15 Å². The minimum absolute atomic E-state index is 0.201. The molecule has 1 aliphatic heterocycles. The molecule has 0 saturated heterocycles. The highest BCUT2D eigenvalue weighted by molar-refractivity contribution is 8.01. The third kappa shape index (κ3) is 3.80. The Bertz CT molecular complexity index is 961. The Morgan fingerprint density at radius 1 is 1.15 bits per heavy atom. The number of anilines is 1. The monoisotopic (exact) mass is 404 g/mol. The maximum atomic E-state index is 12.8. The molecule has 0 fully saturated rings. The maximum Gasteiger partial charge on any atom is 0.256 e. The molecule has 8 heteroatoms. The van der Waals surface area contributed by atoms with Crippen molar-refractivity contribution < 1.29 is 14.3 Å². The zero-order chi connectivity index (χ0) is 17.9. The number of benzene rings is 2. The lowest BCUT2D eigenvalue weighted by molar-refractivity contribution is 0.102. The summed E-state index contributed by atoms with van der Waals surface area (Å²) in [5, 5.41) is 5.13. The fraction of sp³-hybridized carbons (Fsp3) is 0.111. The molecule has 1 N–H and O–H groups in total. The number of carbonyl (C=O) groups excluding carboxylic acids is 1. The zero-order valence-corrected chi connectivity index (χ0v) is 15.8. The second kappa shape index (κ2) is 7.57. The van der Waals surface area contributed by atoms with Crippen LogP contribution in [-0.2, 0) is 0 Å². The van der Waals surface area contributed by atoms with Crippen LogP contribution in [0, 0.1) is 0 Å². The number of thiazole rings is 1. The van der Waals surface area contributed by atoms with Gasteiger partial charge in [-0.2, -0.15) is 0 Å². The van der Waals surface area contributed by atoms with E-state index in [1.54, 1.807) is 29.6 Å². The zero-order valence-electron chi connectivity index (χ0n) is 13.4. The molecule has 1 aliphatic rings. The van der Waals surface area contributed by atoms with Gasteiger partial charge in [-0.15, -0.1) is 11.3 Å². The predicted molar refractivity (Wildman–Crippen MR) is 103 cm³/mol. The summed E-state index contributed by atoms with van der Waals surface area (Å²) < 4.78 is 11.8. The summed E-state index contributed by atoms with van der Waals surface area (Å²) in [6.07, 6.45) is 0. The number of fused-ring (bicyclic) bond motifs is 1. The van der Waals surface area contributed by atoms with Crippen molar-refractivity contribution in [2.24, 2.45) is 0 Å². The fourth-order valence-electron chi connectivity index (χ4n) is 2.44. The normalized spacial score (nSPS) is 12.7. The highest BCUT2D eigenvalue weighted by Gasteiger charge is 2.16. The molecule has 0 aliphatic carbocycles. The third-order valence-electron chi connectivity index (χ3n) is 3.58. The number of aromatic nitrogens is 1. The third-order valence-corrected chi connectivity index (χ3v) is 5.92. The number of nitrogens with zero attached hydrogens (tertiary/aromatic N) is 1. The highest BCUT2D eigenvalue weighted by Crippen LogP contribution is 2.35. The molecule has 0 saturated carbocycles. The summed E-state index contributed by atoms with van der Waals surface area (Å²) in [6.45, 7) is 1.03. The first-order valence-corrected chi connectivity index (χ1v) is 9.85. The number of nitrogens with one attached hydrogen (secondary N) is 1. The van der Waals surface area contributed by atoms with Crippen LogP contribution in [0.4, 0.5) is 5.69 Å². The molecule has 132 valence electrons. The quantitative estimate of drug-likeness (QED) is 0.665. The number of carbonyl (C=O) groups is 1. The van der Waals surface area contributed by atoms with Crippen molar-refractivity contribution in [3.05, 3.63) is 58.6 Å². The Hall–Kier alpha value is -2.22. The first kappa shape index (κ1) is 17.2. The molecule has 2 heterocycles. The summed E-state index contributed by atoms with van der Waals surface area (Å²) >= 11 is 8.74. The van der Waals surface area contributed by atoms with Crippen LogP contribution < -0.4 is 14.8 Å². The van der Waals surface area contributed by atoms with Crippen LogP contribution in [0.3, 0.4) is 0 Å². The molecule has 26 heavy (non-hydrogen) atoms. The van der Waals surface area contributed by atoms with Gasteiger partial charge in [0.25, 0.3) is 5.91 Å². The van der Waals surface area contributed by atoms with E-state index in [4.69, 9.17) is 21.1 Å². The molecule has 2 aromatic carbocycles. The number of halogens is 1. The van der Waals surface area contributed by atoms with Gasteiger partial charge in [0.2, 0.25) is 0 Å². The molecule has 0 spiro atoms. The predicted octanol–water partition coefficient (Wildman–Crippen LogP) is 4.97. The Labute approximate surface area is 163 Å². The Kier molecular flexibility index (Phi) is 5.01. The van der Waals surface area contributed by atoms with Crippen LogP contribution in [-0.4, -0.2) is 24.1 Å². The lowest BCUT2D eigenvalue weighted by Gasteiger charge is -2.19. The number of ether oxygens (including phenoxy) is 2. The van der Waals surface area contributed by atoms with Gasteiger partial charge in [0.05, 0.1) is 5.56 Å². The van der Waals surface area contributed by atoms with Crippen molar-refractivity contribution in [2.75, 3.05) is 18.5 Å². The van der Waals surface area contributed by atoms with E-state index in [9.17, 15) is 4.79 Å². The van der Waals surface area contributed by atoms with Gasteiger partial charge in [-0.3, -0.25) is 4.79 Å². The molecule has 0 atom stereocenters. The molecule has 1 amide bonds. The van der Waals surface area contributed by atoms with E-state index in [0.29, 0.717) is 41.1 Å². The first-order valence-electron chi connectivity index (χ1n) is 7.78. The van der Waals surface area contributed by atoms with Gasteiger partial charge in [-0.05, 0) is 24.3 Å². The first-order chi connectivity index (χ1) is 12.7. The Morgan fingerprint density at radius 2 is 1.96 bits per heavy atom. The van der Waals surface area contributed by atoms with Crippen LogP contribution in [0.25, 0.3) is 0 Å². The Morgan fingerprint density at radius 3 is 2.77 bits per heavy atom. The van der Waals surface area contributed by atoms with E-state index in [2.05, 4.69) is 10.3 Å². The van der Waals surface area contributed by atoms with Crippen LogP contribution >= 0.6 is 34.7 Å². The summed E-state index contributed by atoms with van der Waals surface area (Å²) in [5.41, 5.74) is 1.22. The molecule has 0 unspecified atom stereocenters. The average molecular weight is 405 g/mol. The van der Waals surface area contributed by atoms with E-state index in [0.717, 1.165) is 9.24 Å². The Balaban J connectivity index is 1.55. The topological polar surface area (TPSA) is 60.5 Å². The van der Waals surface area contributed by atoms with Crippen molar-refractivity contribution >= 4 is 46.3 Å². The molecule has 5 nitrogen and oxygen atoms in total. The van der Waals surface area contributed by atoms with Gasteiger partial charge in [0.15, 0.2) is 15.8 Å². The van der Waals surface area contributed by atoms with Gasteiger partial charge >= 0.3 is 0 Å². The van der Waals surface area contributed by atoms with E-state index < -0.39 is 0 Å². The summed E-state index contributed by atoms with van der Waals surface area (Å²) in [5.74, 6) is 1.12. The largest absolute Gasteiger partial charge is 0.486 e. The molecular weight excluding hydrogens is 392 g/mol. The smallest absolute Gasteiger partial charge is 0.256 e. The number of rotatable bonds is 4. The van der Waals surface area contributed by atoms with Gasteiger partial charge in [0, 0.05) is 22.0 Å². The molecule has 0 bridgehead atoms. The van der Waals surface area contributed by atoms with Crippen LogP contribution in [0.1, 0.15) is 10.4 Å². The standard InChI is InChI=1S/C18H13ClN2O3S2/c19-16-10-25-18(21-16)26-15-4-2-1-3-12(15)17(22)20-11-5-6-13-14(9-11)24-8-7-23-13/h1-6,9-10H,7-8H2,(H,20,22). The second-order valence-corrected chi connectivity index (χ2v) is 7.88. The van der Waals surface area contributed by atoms with E-state index >= 15 is 0 Å². The number of amides is 1. The minimum atomic E-state index is -0.201. The summed E-state index contributed by atoms with van der Waals surface area (Å²) in [6, 6.07) is 12.7. The van der Waals surface area contributed by atoms with Crippen molar-refractivity contribution in [3.8, 4) is 11.5 Å². The van der Waals surface area contributed by atoms with Crippen LogP contribution in [0.15, 0.2) is 57.1 Å². The van der Waals surface area contributed by atoms with Crippen molar-refractivity contribution in [3.63, 3.8) is 0 Å². The summed E-state index contributed by atoms with van der Waals surface area (Å²) in [4.78, 5) is 17.8. The molecule has 3 aromatic rings. The van der Waals surface area contributed by atoms with Gasteiger partial charge in [-0.25, -0.2) is 4.98 Å². The number of hydrogen-bond donors (Lipinski definition) is 1. The number of hydrogen-bond acceptors (Lipinski definition) is 6. The maximum absolute atomic E-state index is 12.8. The lowest BCUT2D eigenvalue weighted by atomic mass is 10.2. The van der Waals surface area contributed by atoms with E-state index in [1.165, 1.54) is 23.1 Å². The lowest BCUT2D eigenvalue weighted by Crippen LogP contribution is -2.16. The minimum Gasteiger partial charge on any atom is -0.486 e.